The molecule has 0 saturated carbocycles. The summed E-state index contributed by atoms with van der Waals surface area (Å²) in [5.74, 6) is 0. The number of rotatable bonds is 2. The van der Waals surface area contributed by atoms with Crippen LogP contribution in [0.15, 0.2) is 18.2 Å². The van der Waals surface area contributed by atoms with Gasteiger partial charge in [0.2, 0.25) is 0 Å². The van der Waals surface area contributed by atoms with Crippen molar-refractivity contribution in [3.05, 3.63) is 34.9 Å². The zero-order valence-corrected chi connectivity index (χ0v) is 7.95. The molecule has 1 aromatic rings. The van der Waals surface area contributed by atoms with Crippen LogP contribution in [0.25, 0.3) is 0 Å². The normalized spacial score (nSPS) is 16.2. The summed E-state index contributed by atoms with van der Waals surface area (Å²) in [5, 5.41) is 8.98. The third-order valence-electron chi connectivity index (χ3n) is 2.69. The van der Waals surface area contributed by atoms with Crippen LogP contribution in [-0.2, 0) is 19.7 Å². The summed E-state index contributed by atoms with van der Waals surface area (Å²) in [6.07, 6.45) is 0. The largest absolute Gasteiger partial charge is 0.392 e. The minimum absolute atomic E-state index is 0.152. The minimum Gasteiger partial charge on any atom is -0.392 e. The molecule has 13 heavy (non-hydrogen) atoms. The van der Waals surface area contributed by atoms with Gasteiger partial charge in [-0.3, -0.25) is 4.90 Å². The van der Waals surface area contributed by atoms with Gasteiger partial charge in [0, 0.05) is 13.1 Å². The zero-order chi connectivity index (χ0) is 9.26. The highest BCUT2D eigenvalue weighted by Gasteiger charge is 2.16. The molecule has 0 aromatic heterocycles. The summed E-state index contributed by atoms with van der Waals surface area (Å²) in [6, 6.07) is 6.26. The maximum atomic E-state index is 8.98. The van der Waals surface area contributed by atoms with Crippen LogP contribution < -0.4 is 0 Å². The summed E-state index contributed by atoms with van der Waals surface area (Å²) in [7, 11) is 0. The Hall–Kier alpha value is -0.860. The first kappa shape index (κ1) is 8.73. The number of benzene rings is 1. The first-order valence-electron chi connectivity index (χ1n) is 4.77. The van der Waals surface area contributed by atoms with Gasteiger partial charge in [-0.1, -0.05) is 25.1 Å². The van der Waals surface area contributed by atoms with Crippen molar-refractivity contribution in [1.82, 2.24) is 4.90 Å². The maximum Gasteiger partial charge on any atom is 0.0681 e. The average Bonchev–Trinajstić information content (AvgIpc) is 2.58. The van der Waals surface area contributed by atoms with Crippen molar-refractivity contribution in [2.24, 2.45) is 0 Å². The molecule has 1 aliphatic rings. The Balaban J connectivity index is 2.25. The summed E-state index contributed by atoms with van der Waals surface area (Å²) in [5.41, 5.74) is 3.82. The lowest BCUT2D eigenvalue weighted by Gasteiger charge is -2.09. The molecule has 0 atom stereocenters. The molecule has 0 radical (unpaired) electrons. The predicted molar refractivity (Wildman–Crippen MR) is 52.2 cm³/mol. The average molecular weight is 177 g/mol. The first-order valence-corrected chi connectivity index (χ1v) is 4.77. The highest BCUT2D eigenvalue weighted by molar-refractivity contribution is 5.34. The molecular weight excluding hydrogens is 162 g/mol. The number of hydrogen-bond donors (Lipinski definition) is 1. The molecule has 0 aliphatic carbocycles. The lowest BCUT2D eigenvalue weighted by Crippen LogP contribution is -2.14. The van der Waals surface area contributed by atoms with Crippen molar-refractivity contribution in [3.63, 3.8) is 0 Å². The lowest BCUT2D eigenvalue weighted by atomic mass is 10.1. The van der Waals surface area contributed by atoms with Crippen molar-refractivity contribution < 1.29 is 5.11 Å². The summed E-state index contributed by atoms with van der Waals surface area (Å²) in [6.45, 7) is 5.54. The minimum atomic E-state index is 0.152. The summed E-state index contributed by atoms with van der Waals surface area (Å²) < 4.78 is 0. The van der Waals surface area contributed by atoms with E-state index >= 15 is 0 Å². The Labute approximate surface area is 78.8 Å². The van der Waals surface area contributed by atoms with E-state index in [1.165, 1.54) is 11.1 Å². The van der Waals surface area contributed by atoms with Gasteiger partial charge in [-0.2, -0.15) is 0 Å². The van der Waals surface area contributed by atoms with Crippen molar-refractivity contribution in [1.29, 1.82) is 0 Å². The fraction of sp³-hybridized carbons (Fsp3) is 0.455. The third-order valence-corrected chi connectivity index (χ3v) is 2.69. The lowest BCUT2D eigenvalue weighted by molar-refractivity contribution is 0.281. The molecule has 70 valence electrons. The number of aliphatic hydroxyl groups is 1. The topological polar surface area (TPSA) is 23.5 Å². The molecule has 1 heterocycles. The third kappa shape index (κ3) is 1.60. The molecule has 0 amide bonds. The van der Waals surface area contributed by atoms with E-state index in [4.69, 9.17) is 5.11 Å². The van der Waals surface area contributed by atoms with Crippen molar-refractivity contribution >= 4 is 0 Å². The molecule has 2 rings (SSSR count). The van der Waals surface area contributed by atoms with Gasteiger partial charge in [0.05, 0.1) is 6.61 Å². The second-order valence-electron chi connectivity index (χ2n) is 3.56. The quantitative estimate of drug-likeness (QED) is 0.740. The SMILES string of the molecule is CCN1Cc2ccc(CO)cc2C1. The van der Waals surface area contributed by atoms with E-state index in [-0.39, 0.29) is 6.61 Å². The van der Waals surface area contributed by atoms with Crippen LogP contribution in [0.4, 0.5) is 0 Å². The molecule has 1 N–H and O–H groups in total. The highest BCUT2D eigenvalue weighted by atomic mass is 16.3. The van der Waals surface area contributed by atoms with Gasteiger partial charge in [-0.15, -0.1) is 0 Å². The van der Waals surface area contributed by atoms with Gasteiger partial charge in [0.25, 0.3) is 0 Å². The van der Waals surface area contributed by atoms with Gasteiger partial charge in [-0.25, -0.2) is 0 Å². The maximum absolute atomic E-state index is 8.98. The highest BCUT2D eigenvalue weighted by Crippen LogP contribution is 2.23. The second-order valence-corrected chi connectivity index (χ2v) is 3.56. The molecule has 0 spiro atoms. The van der Waals surface area contributed by atoms with E-state index in [1.54, 1.807) is 0 Å². The Bertz CT molecular complexity index is 309. The first-order chi connectivity index (χ1) is 6.33. The van der Waals surface area contributed by atoms with E-state index < -0.39 is 0 Å². The van der Waals surface area contributed by atoms with Gasteiger partial charge < -0.3 is 5.11 Å². The van der Waals surface area contributed by atoms with E-state index in [0.717, 1.165) is 25.2 Å². The Morgan fingerprint density at radius 2 is 2.08 bits per heavy atom. The van der Waals surface area contributed by atoms with Gasteiger partial charge in [0.1, 0.15) is 0 Å². The van der Waals surface area contributed by atoms with Crippen LogP contribution in [0.1, 0.15) is 23.6 Å². The molecule has 0 fully saturated rings. The fourth-order valence-corrected chi connectivity index (χ4v) is 1.84. The van der Waals surface area contributed by atoms with Gasteiger partial charge >= 0.3 is 0 Å². The fourth-order valence-electron chi connectivity index (χ4n) is 1.84. The summed E-state index contributed by atoms with van der Waals surface area (Å²) in [4.78, 5) is 2.39. The van der Waals surface area contributed by atoms with Crippen LogP contribution in [0, 0.1) is 0 Å². The molecule has 2 nitrogen and oxygen atoms in total. The molecule has 0 unspecified atom stereocenters. The molecular formula is C11H15NO. The monoisotopic (exact) mass is 177 g/mol. The van der Waals surface area contributed by atoms with Crippen molar-refractivity contribution in [2.75, 3.05) is 6.54 Å². The second kappa shape index (κ2) is 3.48. The Morgan fingerprint density at radius 1 is 1.31 bits per heavy atom. The number of hydrogen-bond acceptors (Lipinski definition) is 2. The number of aliphatic hydroxyl groups excluding tert-OH is 1. The smallest absolute Gasteiger partial charge is 0.0681 e. The van der Waals surface area contributed by atoms with Crippen LogP contribution in [0.2, 0.25) is 0 Å². The molecule has 2 heteroatoms. The van der Waals surface area contributed by atoms with Crippen LogP contribution in [0.5, 0.6) is 0 Å². The Morgan fingerprint density at radius 3 is 2.77 bits per heavy atom. The molecule has 1 aliphatic heterocycles. The summed E-state index contributed by atoms with van der Waals surface area (Å²) >= 11 is 0. The van der Waals surface area contributed by atoms with Gasteiger partial charge in [-0.05, 0) is 23.2 Å². The predicted octanol–water partition coefficient (Wildman–Crippen LogP) is 1.51. The van der Waals surface area contributed by atoms with Gasteiger partial charge in [0.15, 0.2) is 0 Å². The van der Waals surface area contributed by atoms with E-state index in [0.29, 0.717) is 0 Å². The van der Waals surface area contributed by atoms with Crippen LogP contribution >= 0.6 is 0 Å². The van der Waals surface area contributed by atoms with Crippen molar-refractivity contribution in [2.45, 2.75) is 26.6 Å². The standard InChI is InChI=1S/C11H15NO/c1-2-12-6-10-4-3-9(8-13)5-11(10)7-12/h3-5,13H,2,6-8H2,1H3. The molecule has 1 aromatic carbocycles. The van der Waals surface area contributed by atoms with Crippen LogP contribution in [-0.4, -0.2) is 16.6 Å². The zero-order valence-electron chi connectivity index (χ0n) is 7.95. The number of nitrogens with zero attached hydrogens (tertiary/aromatic N) is 1. The van der Waals surface area contributed by atoms with E-state index in [2.05, 4.69) is 24.0 Å². The van der Waals surface area contributed by atoms with E-state index in [1.807, 2.05) is 6.07 Å². The number of fused-ring (bicyclic) bond motifs is 1. The van der Waals surface area contributed by atoms with Crippen molar-refractivity contribution in [3.8, 4) is 0 Å². The van der Waals surface area contributed by atoms with Crippen LogP contribution in [0.3, 0.4) is 0 Å². The molecule has 0 bridgehead atoms. The Kier molecular flexibility index (Phi) is 2.34. The van der Waals surface area contributed by atoms with E-state index in [9.17, 15) is 0 Å². The molecule has 0 saturated heterocycles.